The van der Waals surface area contributed by atoms with Crippen molar-refractivity contribution in [1.82, 2.24) is 15.5 Å². The Kier molecular flexibility index (Phi) is 2.85. The van der Waals surface area contributed by atoms with E-state index in [4.69, 9.17) is 4.42 Å². The number of rotatable bonds is 3. The minimum absolute atomic E-state index is 0.159. The maximum Gasteiger partial charge on any atom is 0.272 e. The minimum atomic E-state index is -0.202. The van der Waals surface area contributed by atoms with Crippen molar-refractivity contribution >= 4 is 5.91 Å². The van der Waals surface area contributed by atoms with E-state index in [2.05, 4.69) is 46.7 Å². The molecule has 5 nitrogen and oxygen atoms in total. The zero-order chi connectivity index (χ0) is 15.1. The molecule has 0 saturated carbocycles. The van der Waals surface area contributed by atoms with E-state index in [0.29, 0.717) is 11.5 Å². The standard InChI is InChI=1S/C17H15N3O2/c1-2-10-5-7-11(8-6-10)14-13-15(12-4-3-9-22-12)19-20-16(13)17(21)18-14/h3-9,14H,2H2,1H3,(H,18,21)(H,19,20)/t14-/m0/s1. The molecule has 3 heterocycles. The molecule has 0 saturated heterocycles. The molecule has 0 bridgehead atoms. The van der Waals surface area contributed by atoms with Gasteiger partial charge in [-0.1, -0.05) is 31.2 Å². The molecule has 1 aromatic carbocycles. The third-order valence-corrected chi connectivity index (χ3v) is 4.07. The average molecular weight is 293 g/mol. The Balaban J connectivity index is 1.81. The number of carbonyl (C=O) groups excluding carboxylic acids is 1. The van der Waals surface area contributed by atoms with Crippen molar-refractivity contribution in [3.63, 3.8) is 0 Å². The molecule has 0 fully saturated rings. The highest BCUT2D eigenvalue weighted by molar-refractivity contribution is 5.99. The number of H-pyrrole nitrogens is 1. The van der Waals surface area contributed by atoms with E-state index in [-0.39, 0.29) is 11.9 Å². The summed E-state index contributed by atoms with van der Waals surface area (Å²) in [5.41, 5.74) is 4.35. The van der Waals surface area contributed by atoms with E-state index >= 15 is 0 Å². The third kappa shape index (κ3) is 1.86. The molecule has 2 aromatic heterocycles. The lowest BCUT2D eigenvalue weighted by Crippen LogP contribution is -2.21. The van der Waals surface area contributed by atoms with E-state index in [1.807, 2.05) is 12.1 Å². The molecule has 110 valence electrons. The Hall–Kier alpha value is -2.82. The first-order valence-electron chi connectivity index (χ1n) is 7.29. The Morgan fingerprint density at radius 2 is 2.05 bits per heavy atom. The van der Waals surface area contributed by atoms with Crippen LogP contribution in [0, 0.1) is 0 Å². The fraction of sp³-hybridized carbons (Fsp3) is 0.176. The van der Waals surface area contributed by atoms with Gasteiger partial charge in [0.05, 0.1) is 12.3 Å². The van der Waals surface area contributed by atoms with Crippen LogP contribution in [0.4, 0.5) is 0 Å². The number of amides is 1. The maximum atomic E-state index is 12.1. The van der Waals surface area contributed by atoms with Crippen LogP contribution < -0.4 is 5.32 Å². The molecule has 4 rings (SSSR count). The molecule has 1 aliphatic heterocycles. The normalized spacial score (nSPS) is 16.6. The summed E-state index contributed by atoms with van der Waals surface area (Å²) >= 11 is 0. The van der Waals surface area contributed by atoms with Crippen molar-refractivity contribution < 1.29 is 9.21 Å². The second-order valence-corrected chi connectivity index (χ2v) is 5.34. The summed E-state index contributed by atoms with van der Waals surface area (Å²) in [5.74, 6) is 0.522. The smallest absolute Gasteiger partial charge is 0.272 e. The highest BCUT2D eigenvalue weighted by Crippen LogP contribution is 2.37. The van der Waals surface area contributed by atoms with Gasteiger partial charge < -0.3 is 9.73 Å². The van der Waals surface area contributed by atoms with E-state index in [9.17, 15) is 4.79 Å². The predicted octanol–water partition coefficient (Wildman–Crippen LogP) is 3.06. The third-order valence-electron chi connectivity index (χ3n) is 4.07. The van der Waals surface area contributed by atoms with Gasteiger partial charge in [0.2, 0.25) is 0 Å². The van der Waals surface area contributed by atoms with Crippen LogP contribution in [-0.4, -0.2) is 16.1 Å². The number of fused-ring (bicyclic) bond motifs is 1. The molecule has 22 heavy (non-hydrogen) atoms. The molecule has 0 unspecified atom stereocenters. The highest BCUT2D eigenvalue weighted by atomic mass is 16.3. The SMILES string of the molecule is CCc1ccc([C@@H]2NC(=O)c3n[nH]c(-c4ccco4)c32)cc1. The topological polar surface area (TPSA) is 70.9 Å². The summed E-state index contributed by atoms with van der Waals surface area (Å²) in [6, 6.07) is 11.8. The molecule has 1 atom stereocenters. The first kappa shape index (κ1) is 12.9. The monoisotopic (exact) mass is 293 g/mol. The fourth-order valence-electron chi connectivity index (χ4n) is 2.88. The summed E-state index contributed by atoms with van der Waals surface area (Å²) < 4.78 is 5.45. The van der Waals surface area contributed by atoms with Crippen LogP contribution in [0.5, 0.6) is 0 Å². The molecule has 2 N–H and O–H groups in total. The summed E-state index contributed by atoms with van der Waals surface area (Å²) in [6.07, 6.45) is 2.60. The van der Waals surface area contributed by atoms with Gasteiger partial charge in [-0.3, -0.25) is 9.89 Å². The number of aryl methyl sites for hydroxylation is 1. The summed E-state index contributed by atoms with van der Waals surface area (Å²) in [6.45, 7) is 2.12. The second-order valence-electron chi connectivity index (χ2n) is 5.34. The van der Waals surface area contributed by atoms with Crippen molar-refractivity contribution in [3.8, 4) is 11.5 Å². The Bertz CT molecular complexity index is 816. The zero-order valence-electron chi connectivity index (χ0n) is 12.1. The van der Waals surface area contributed by atoms with Crippen molar-refractivity contribution in [2.24, 2.45) is 0 Å². The van der Waals surface area contributed by atoms with E-state index in [1.165, 1.54) is 5.56 Å². The number of nitrogens with one attached hydrogen (secondary N) is 2. The number of carbonyl (C=O) groups is 1. The van der Waals surface area contributed by atoms with Gasteiger partial charge in [0.15, 0.2) is 11.5 Å². The summed E-state index contributed by atoms with van der Waals surface area (Å²) in [7, 11) is 0. The van der Waals surface area contributed by atoms with Crippen LogP contribution in [0.25, 0.3) is 11.5 Å². The molecular formula is C17H15N3O2. The molecule has 0 aliphatic carbocycles. The number of aromatic amines is 1. The Labute approximate surface area is 127 Å². The van der Waals surface area contributed by atoms with Gasteiger partial charge >= 0.3 is 0 Å². The number of aromatic nitrogens is 2. The van der Waals surface area contributed by atoms with Crippen molar-refractivity contribution in [3.05, 3.63) is 65.0 Å². The van der Waals surface area contributed by atoms with E-state index < -0.39 is 0 Å². The molecular weight excluding hydrogens is 278 g/mol. The lowest BCUT2D eigenvalue weighted by Gasteiger charge is -2.13. The lowest BCUT2D eigenvalue weighted by atomic mass is 9.97. The first-order chi connectivity index (χ1) is 10.8. The van der Waals surface area contributed by atoms with Gasteiger partial charge in [-0.25, -0.2) is 0 Å². The number of furan rings is 1. The number of benzene rings is 1. The highest BCUT2D eigenvalue weighted by Gasteiger charge is 2.36. The zero-order valence-corrected chi connectivity index (χ0v) is 12.1. The largest absolute Gasteiger partial charge is 0.463 e. The van der Waals surface area contributed by atoms with Crippen LogP contribution in [0.1, 0.15) is 40.1 Å². The van der Waals surface area contributed by atoms with Crippen LogP contribution in [0.3, 0.4) is 0 Å². The van der Waals surface area contributed by atoms with Gasteiger partial charge in [-0.2, -0.15) is 5.10 Å². The lowest BCUT2D eigenvalue weighted by molar-refractivity contribution is 0.0955. The molecule has 0 radical (unpaired) electrons. The van der Waals surface area contributed by atoms with Crippen LogP contribution in [0.2, 0.25) is 0 Å². The molecule has 5 heteroatoms. The van der Waals surface area contributed by atoms with Crippen molar-refractivity contribution in [2.45, 2.75) is 19.4 Å². The van der Waals surface area contributed by atoms with Crippen molar-refractivity contribution in [1.29, 1.82) is 0 Å². The number of nitrogens with zero attached hydrogens (tertiary/aromatic N) is 1. The Morgan fingerprint density at radius 3 is 2.73 bits per heavy atom. The van der Waals surface area contributed by atoms with Crippen LogP contribution >= 0.6 is 0 Å². The second kappa shape index (κ2) is 4.87. The van der Waals surface area contributed by atoms with E-state index in [1.54, 1.807) is 6.26 Å². The number of hydrogen-bond donors (Lipinski definition) is 2. The van der Waals surface area contributed by atoms with Crippen LogP contribution in [0.15, 0.2) is 47.1 Å². The predicted molar refractivity (Wildman–Crippen MR) is 81.4 cm³/mol. The molecule has 1 amide bonds. The minimum Gasteiger partial charge on any atom is -0.463 e. The van der Waals surface area contributed by atoms with Crippen LogP contribution in [-0.2, 0) is 6.42 Å². The first-order valence-corrected chi connectivity index (χ1v) is 7.29. The quantitative estimate of drug-likeness (QED) is 0.779. The van der Waals surface area contributed by atoms with Gasteiger partial charge in [-0.15, -0.1) is 0 Å². The van der Waals surface area contributed by atoms with Gasteiger partial charge in [0.1, 0.15) is 5.69 Å². The fourth-order valence-corrected chi connectivity index (χ4v) is 2.88. The molecule has 0 spiro atoms. The van der Waals surface area contributed by atoms with Gasteiger partial charge in [0, 0.05) is 5.56 Å². The van der Waals surface area contributed by atoms with Crippen molar-refractivity contribution in [2.75, 3.05) is 0 Å². The number of hydrogen-bond acceptors (Lipinski definition) is 3. The summed E-state index contributed by atoms with van der Waals surface area (Å²) in [5, 5.41) is 10.1. The van der Waals surface area contributed by atoms with E-state index in [0.717, 1.165) is 23.2 Å². The molecule has 1 aliphatic rings. The Morgan fingerprint density at radius 1 is 1.23 bits per heavy atom. The van der Waals surface area contributed by atoms with Gasteiger partial charge in [0.25, 0.3) is 5.91 Å². The maximum absolute atomic E-state index is 12.1. The average Bonchev–Trinajstić information content (AvgIpc) is 3.25. The van der Waals surface area contributed by atoms with Gasteiger partial charge in [-0.05, 0) is 29.7 Å². The summed E-state index contributed by atoms with van der Waals surface area (Å²) in [4.78, 5) is 12.1. The molecule has 3 aromatic rings.